The average Bonchev–Trinajstić information content (AvgIpc) is 2.32. The number of thioether (sulfide) groups is 1. The summed E-state index contributed by atoms with van der Waals surface area (Å²) in [5, 5.41) is 7.73. The number of pyridine rings is 1. The van der Waals surface area contributed by atoms with E-state index in [0.717, 1.165) is 16.4 Å². The van der Waals surface area contributed by atoms with Crippen molar-refractivity contribution >= 4 is 11.8 Å². The average molecular weight is 235 g/mol. The van der Waals surface area contributed by atoms with E-state index >= 15 is 0 Å². The number of nitrogens with two attached hydrogens (primary N) is 1. The predicted octanol–water partition coefficient (Wildman–Crippen LogP) is 0.0394. The lowest BCUT2D eigenvalue weighted by molar-refractivity contribution is 0.698. The van der Waals surface area contributed by atoms with E-state index in [1.165, 1.54) is 11.8 Å². The van der Waals surface area contributed by atoms with E-state index in [0.29, 0.717) is 10.9 Å². The summed E-state index contributed by atoms with van der Waals surface area (Å²) >= 11 is 1.34. The van der Waals surface area contributed by atoms with Gasteiger partial charge in [-0.3, -0.25) is 9.78 Å². The molecule has 82 valence electrons. The van der Waals surface area contributed by atoms with Gasteiger partial charge in [-0.25, -0.2) is 0 Å². The summed E-state index contributed by atoms with van der Waals surface area (Å²) in [5.41, 5.74) is 0.661. The second-order valence-corrected chi connectivity index (χ2v) is 3.93. The second kappa shape index (κ2) is 4.75. The van der Waals surface area contributed by atoms with Crippen LogP contribution in [0.25, 0.3) is 0 Å². The summed E-state index contributed by atoms with van der Waals surface area (Å²) in [6.07, 6.45) is 4.53. The number of hydrogen-bond acceptors (Lipinski definition) is 6. The Bertz CT molecular complexity index is 527. The van der Waals surface area contributed by atoms with Crippen LogP contribution in [0.1, 0.15) is 5.56 Å². The summed E-state index contributed by atoms with van der Waals surface area (Å²) in [4.78, 5) is 15.1. The van der Waals surface area contributed by atoms with Crippen LogP contribution in [0.2, 0.25) is 0 Å². The molecule has 0 aliphatic rings. The van der Waals surface area contributed by atoms with Gasteiger partial charge in [-0.05, 0) is 11.6 Å². The highest BCUT2D eigenvalue weighted by molar-refractivity contribution is 7.98. The maximum absolute atomic E-state index is 11.2. The van der Waals surface area contributed by atoms with Gasteiger partial charge in [0.2, 0.25) is 5.16 Å². The Morgan fingerprint density at radius 3 is 3.06 bits per heavy atom. The van der Waals surface area contributed by atoms with Gasteiger partial charge in [-0.15, -0.1) is 5.10 Å². The monoisotopic (exact) mass is 235 g/mol. The third-order valence-corrected chi connectivity index (χ3v) is 2.86. The molecule has 0 saturated carbocycles. The first-order chi connectivity index (χ1) is 7.77. The number of aromatic nitrogens is 4. The molecule has 2 heterocycles. The normalized spacial score (nSPS) is 10.2. The molecule has 0 aliphatic carbocycles. The molecular weight excluding hydrogens is 226 g/mol. The molecule has 0 spiro atoms. The van der Waals surface area contributed by atoms with Crippen LogP contribution in [0.4, 0.5) is 0 Å². The molecule has 0 bridgehead atoms. The molecule has 0 aromatic carbocycles. The molecule has 0 unspecified atom stereocenters. The Morgan fingerprint density at radius 2 is 2.31 bits per heavy atom. The third-order valence-electron chi connectivity index (χ3n) is 1.85. The fourth-order valence-corrected chi connectivity index (χ4v) is 1.86. The van der Waals surface area contributed by atoms with E-state index in [-0.39, 0.29) is 5.56 Å². The molecule has 0 atom stereocenters. The van der Waals surface area contributed by atoms with Crippen LogP contribution in [-0.2, 0) is 5.75 Å². The van der Waals surface area contributed by atoms with Crippen molar-refractivity contribution in [3.8, 4) is 0 Å². The van der Waals surface area contributed by atoms with Gasteiger partial charge in [0.15, 0.2) is 0 Å². The fourth-order valence-electron chi connectivity index (χ4n) is 1.06. The Balaban J connectivity index is 2.11. The van der Waals surface area contributed by atoms with E-state index in [1.807, 2.05) is 12.1 Å². The minimum absolute atomic E-state index is 0.372. The molecule has 0 amide bonds. The number of nitrogens with zero attached hydrogens (tertiary/aromatic N) is 4. The molecule has 7 heteroatoms. The first-order valence-corrected chi connectivity index (χ1v) is 5.47. The Kier molecular flexibility index (Phi) is 3.16. The highest BCUT2D eigenvalue weighted by Gasteiger charge is 2.03. The van der Waals surface area contributed by atoms with Crippen LogP contribution in [0, 0.1) is 0 Å². The van der Waals surface area contributed by atoms with Gasteiger partial charge >= 0.3 is 0 Å². The Labute approximate surface area is 95.5 Å². The SMILES string of the molecule is Nn1c(SCc2cccnc2)nncc1=O. The van der Waals surface area contributed by atoms with Crippen molar-refractivity contribution in [3.05, 3.63) is 46.6 Å². The Hall–Kier alpha value is -1.89. The lowest BCUT2D eigenvalue weighted by Crippen LogP contribution is -2.29. The topological polar surface area (TPSA) is 86.7 Å². The van der Waals surface area contributed by atoms with Crippen LogP contribution in [-0.4, -0.2) is 19.9 Å². The number of hydrogen-bond donors (Lipinski definition) is 1. The highest BCUT2D eigenvalue weighted by Crippen LogP contribution is 2.17. The van der Waals surface area contributed by atoms with Gasteiger partial charge in [0.05, 0.1) is 0 Å². The summed E-state index contributed by atoms with van der Waals surface area (Å²) < 4.78 is 0.980. The smallest absolute Gasteiger partial charge is 0.291 e. The zero-order valence-electron chi connectivity index (χ0n) is 8.28. The van der Waals surface area contributed by atoms with Crippen LogP contribution in [0.5, 0.6) is 0 Å². The van der Waals surface area contributed by atoms with E-state index in [4.69, 9.17) is 5.84 Å². The maximum atomic E-state index is 11.2. The van der Waals surface area contributed by atoms with Crippen LogP contribution < -0.4 is 11.4 Å². The van der Waals surface area contributed by atoms with E-state index < -0.39 is 0 Å². The van der Waals surface area contributed by atoms with Crippen molar-refractivity contribution in [2.75, 3.05) is 5.84 Å². The molecule has 0 saturated heterocycles. The van der Waals surface area contributed by atoms with Crippen molar-refractivity contribution < 1.29 is 0 Å². The molecule has 2 rings (SSSR count). The zero-order chi connectivity index (χ0) is 11.4. The van der Waals surface area contributed by atoms with Crippen molar-refractivity contribution in [1.29, 1.82) is 0 Å². The molecule has 16 heavy (non-hydrogen) atoms. The third kappa shape index (κ3) is 2.37. The minimum Gasteiger partial charge on any atom is -0.334 e. The van der Waals surface area contributed by atoms with Gasteiger partial charge in [-0.1, -0.05) is 17.8 Å². The van der Waals surface area contributed by atoms with Gasteiger partial charge in [-0.2, -0.15) is 9.77 Å². The summed E-state index contributed by atoms with van der Waals surface area (Å²) in [5.74, 6) is 6.15. The molecule has 2 aromatic rings. The van der Waals surface area contributed by atoms with E-state index in [1.54, 1.807) is 12.4 Å². The van der Waals surface area contributed by atoms with Crippen LogP contribution in [0.3, 0.4) is 0 Å². The van der Waals surface area contributed by atoms with Gasteiger partial charge in [0.1, 0.15) is 6.20 Å². The second-order valence-electron chi connectivity index (χ2n) is 2.99. The molecule has 2 N–H and O–H groups in total. The number of rotatable bonds is 3. The first-order valence-electron chi connectivity index (χ1n) is 4.49. The molecule has 0 radical (unpaired) electrons. The van der Waals surface area contributed by atoms with Crippen molar-refractivity contribution in [3.63, 3.8) is 0 Å². The largest absolute Gasteiger partial charge is 0.334 e. The van der Waals surface area contributed by atoms with Crippen molar-refractivity contribution in [1.82, 2.24) is 19.9 Å². The van der Waals surface area contributed by atoms with Crippen LogP contribution >= 0.6 is 11.8 Å². The minimum atomic E-state index is -0.372. The quantitative estimate of drug-likeness (QED) is 0.597. The lowest BCUT2D eigenvalue weighted by Gasteiger charge is -2.03. The molecule has 0 aliphatic heterocycles. The highest BCUT2D eigenvalue weighted by atomic mass is 32.2. The summed E-state index contributed by atoms with van der Waals surface area (Å²) in [6, 6.07) is 3.79. The van der Waals surface area contributed by atoms with Crippen molar-refractivity contribution in [2.45, 2.75) is 10.9 Å². The Morgan fingerprint density at radius 1 is 1.44 bits per heavy atom. The summed E-state index contributed by atoms with van der Waals surface area (Å²) in [6.45, 7) is 0. The predicted molar refractivity (Wildman–Crippen MR) is 60.2 cm³/mol. The lowest BCUT2D eigenvalue weighted by atomic mass is 10.3. The standard InChI is InChI=1S/C9H9N5OS/c10-14-8(15)5-12-13-9(14)16-6-7-2-1-3-11-4-7/h1-5H,6,10H2. The number of nitrogen functional groups attached to an aromatic ring is 1. The first kappa shape index (κ1) is 10.6. The molecule has 0 fully saturated rings. The maximum Gasteiger partial charge on any atom is 0.291 e. The molecule has 2 aromatic heterocycles. The molecular formula is C9H9N5OS. The van der Waals surface area contributed by atoms with Crippen LogP contribution in [0.15, 0.2) is 40.7 Å². The van der Waals surface area contributed by atoms with Gasteiger partial charge < -0.3 is 5.84 Å². The zero-order valence-corrected chi connectivity index (χ0v) is 9.09. The van der Waals surface area contributed by atoms with E-state index in [9.17, 15) is 4.79 Å². The van der Waals surface area contributed by atoms with Crippen molar-refractivity contribution in [2.24, 2.45) is 0 Å². The van der Waals surface area contributed by atoms with Gasteiger partial charge in [0.25, 0.3) is 5.56 Å². The fraction of sp³-hybridized carbons (Fsp3) is 0.111. The molecule has 6 nitrogen and oxygen atoms in total. The van der Waals surface area contributed by atoms with E-state index in [2.05, 4.69) is 15.2 Å². The van der Waals surface area contributed by atoms with Gasteiger partial charge in [0, 0.05) is 18.1 Å². The summed E-state index contributed by atoms with van der Waals surface area (Å²) in [7, 11) is 0.